The van der Waals surface area contributed by atoms with Crippen molar-refractivity contribution in [2.75, 3.05) is 39.5 Å². The summed E-state index contributed by atoms with van der Waals surface area (Å²) in [6.45, 7) is 7.67. The third kappa shape index (κ3) is 5.42. The number of amides is 1. The number of ether oxygens (including phenoxy) is 2. The monoisotopic (exact) mass is 350 g/mol. The number of carbonyl (C=O) groups excluding carboxylic acids is 1. The second kappa shape index (κ2) is 9.75. The molecule has 0 saturated carbocycles. The van der Waals surface area contributed by atoms with Crippen LogP contribution in [-0.2, 0) is 16.1 Å². The van der Waals surface area contributed by atoms with Gasteiger partial charge in [-0.25, -0.2) is 0 Å². The molecule has 0 radical (unpaired) electrons. The number of nitrogens with one attached hydrogen (secondary N) is 1. The molecule has 1 heterocycles. The van der Waals surface area contributed by atoms with E-state index in [1.165, 1.54) is 0 Å². The van der Waals surface area contributed by atoms with Crippen LogP contribution in [0.4, 0.5) is 0 Å². The van der Waals surface area contributed by atoms with E-state index >= 15 is 0 Å². The van der Waals surface area contributed by atoms with Crippen molar-refractivity contribution in [3.63, 3.8) is 0 Å². The van der Waals surface area contributed by atoms with Gasteiger partial charge in [0.25, 0.3) is 0 Å². The van der Waals surface area contributed by atoms with Crippen molar-refractivity contribution in [2.24, 2.45) is 0 Å². The first-order valence-corrected chi connectivity index (χ1v) is 9.04. The lowest BCUT2D eigenvalue weighted by atomic mass is 9.97. The normalized spacial score (nSPS) is 20.6. The van der Waals surface area contributed by atoms with Crippen LogP contribution in [0.2, 0.25) is 0 Å². The van der Waals surface area contributed by atoms with Crippen molar-refractivity contribution < 1.29 is 19.4 Å². The Morgan fingerprint density at radius 1 is 1.32 bits per heavy atom. The van der Waals surface area contributed by atoms with E-state index in [1.807, 2.05) is 38.1 Å². The topological polar surface area (TPSA) is 71.0 Å². The summed E-state index contributed by atoms with van der Waals surface area (Å²) >= 11 is 0. The standard InChI is InChI=1S/C19H30N2O4/c1-3-24-13-14-25-17-7-5-16(6-8-17)15-21-11-4-9-19(21,2)18(23)20-10-12-22/h5-8,22H,3-4,9-15H2,1-2H3,(H,20,23). The van der Waals surface area contributed by atoms with Gasteiger partial charge in [-0.3, -0.25) is 9.69 Å². The third-order valence-electron chi connectivity index (χ3n) is 4.67. The van der Waals surface area contributed by atoms with Crippen LogP contribution in [0.5, 0.6) is 5.75 Å². The zero-order chi connectivity index (χ0) is 18.1. The van der Waals surface area contributed by atoms with Gasteiger partial charge in [-0.2, -0.15) is 0 Å². The zero-order valence-electron chi connectivity index (χ0n) is 15.3. The van der Waals surface area contributed by atoms with Gasteiger partial charge in [-0.05, 0) is 50.9 Å². The van der Waals surface area contributed by atoms with Crippen molar-refractivity contribution in [3.8, 4) is 5.75 Å². The second-order valence-corrected chi connectivity index (χ2v) is 6.47. The Morgan fingerprint density at radius 3 is 2.76 bits per heavy atom. The molecule has 0 aliphatic carbocycles. The fourth-order valence-electron chi connectivity index (χ4n) is 3.16. The van der Waals surface area contributed by atoms with Gasteiger partial charge in [0.1, 0.15) is 12.4 Å². The molecule has 1 atom stereocenters. The minimum absolute atomic E-state index is 0.00470. The summed E-state index contributed by atoms with van der Waals surface area (Å²) in [5, 5.41) is 11.7. The van der Waals surface area contributed by atoms with Gasteiger partial charge >= 0.3 is 0 Å². The molecule has 1 aromatic carbocycles. The van der Waals surface area contributed by atoms with Gasteiger partial charge in [0, 0.05) is 19.7 Å². The first-order valence-electron chi connectivity index (χ1n) is 9.04. The van der Waals surface area contributed by atoms with E-state index in [1.54, 1.807) is 0 Å². The fraction of sp³-hybridized carbons (Fsp3) is 0.632. The predicted octanol–water partition coefficient (Wildman–Crippen LogP) is 1.56. The van der Waals surface area contributed by atoms with Gasteiger partial charge in [0.2, 0.25) is 5.91 Å². The summed E-state index contributed by atoms with van der Waals surface area (Å²) in [6.07, 6.45) is 1.84. The van der Waals surface area contributed by atoms with Crippen LogP contribution in [0.3, 0.4) is 0 Å². The molecule has 0 bridgehead atoms. The van der Waals surface area contributed by atoms with Crippen LogP contribution in [0, 0.1) is 0 Å². The van der Waals surface area contributed by atoms with Crippen LogP contribution in [0.1, 0.15) is 32.3 Å². The Bertz CT molecular complexity index is 535. The smallest absolute Gasteiger partial charge is 0.240 e. The minimum atomic E-state index is -0.512. The maximum Gasteiger partial charge on any atom is 0.240 e. The van der Waals surface area contributed by atoms with E-state index in [0.29, 0.717) is 26.4 Å². The molecule has 140 valence electrons. The molecule has 25 heavy (non-hydrogen) atoms. The van der Waals surface area contributed by atoms with E-state index in [9.17, 15) is 4.79 Å². The molecule has 1 unspecified atom stereocenters. The summed E-state index contributed by atoms with van der Waals surface area (Å²) in [5.74, 6) is 0.822. The van der Waals surface area contributed by atoms with Crippen molar-refractivity contribution in [1.82, 2.24) is 10.2 Å². The number of hydrogen-bond donors (Lipinski definition) is 2. The zero-order valence-corrected chi connectivity index (χ0v) is 15.3. The highest BCUT2D eigenvalue weighted by molar-refractivity contribution is 5.86. The average molecular weight is 350 g/mol. The molecule has 2 rings (SSSR count). The van der Waals surface area contributed by atoms with E-state index < -0.39 is 5.54 Å². The quantitative estimate of drug-likeness (QED) is 0.627. The van der Waals surface area contributed by atoms with Crippen LogP contribution in [-0.4, -0.2) is 61.0 Å². The molecule has 1 amide bonds. The number of aliphatic hydroxyl groups excluding tert-OH is 1. The van der Waals surface area contributed by atoms with E-state index in [-0.39, 0.29) is 12.5 Å². The molecule has 1 aliphatic rings. The summed E-state index contributed by atoms with van der Waals surface area (Å²) in [7, 11) is 0. The molecule has 0 spiro atoms. The Balaban J connectivity index is 1.90. The summed E-state index contributed by atoms with van der Waals surface area (Å²) in [4.78, 5) is 14.7. The maximum atomic E-state index is 12.5. The number of nitrogens with zero attached hydrogens (tertiary/aromatic N) is 1. The fourth-order valence-corrected chi connectivity index (χ4v) is 3.16. The SMILES string of the molecule is CCOCCOc1ccc(CN2CCCC2(C)C(=O)NCCO)cc1. The first-order chi connectivity index (χ1) is 12.1. The lowest BCUT2D eigenvalue weighted by Gasteiger charge is -2.34. The number of rotatable bonds is 10. The molecular weight excluding hydrogens is 320 g/mol. The molecule has 2 N–H and O–H groups in total. The highest BCUT2D eigenvalue weighted by atomic mass is 16.5. The van der Waals surface area contributed by atoms with Gasteiger partial charge < -0.3 is 19.9 Å². The number of hydrogen-bond acceptors (Lipinski definition) is 5. The number of benzene rings is 1. The molecule has 1 aliphatic heterocycles. The van der Waals surface area contributed by atoms with Crippen LogP contribution in [0.15, 0.2) is 24.3 Å². The second-order valence-electron chi connectivity index (χ2n) is 6.47. The van der Waals surface area contributed by atoms with Crippen LogP contribution >= 0.6 is 0 Å². The van der Waals surface area contributed by atoms with E-state index in [0.717, 1.165) is 37.2 Å². The van der Waals surface area contributed by atoms with Crippen molar-refractivity contribution in [2.45, 2.75) is 38.8 Å². The lowest BCUT2D eigenvalue weighted by Crippen LogP contribution is -2.53. The number of carbonyl (C=O) groups is 1. The van der Waals surface area contributed by atoms with Gasteiger partial charge in [-0.15, -0.1) is 0 Å². The Labute approximate surface area is 150 Å². The number of aliphatic hydroxyl groups is 1. The van der Waals surface area contributed by atoms with Gasteiger partial charge in [-0.1, -0.05) is 12.1 Å². The Kier molecular flexibility index (Phi) is 7.68. The Morgan fingerprint density at radius 2 is 2.08 bits per heavy atom. The first kappa shape index (κ1) is 19.7. The number of likely N-dealkylation sites (tertiary alicyclic amines) is 1. The highest BCUT2D eigenvalue weighted by Gasteiger charge is 2.42. The largest absolute Gasteiger partial charge is 0.491 e. The van der Waals surface area contributed by atoms with Crippen LogP contribution < -0.4 is 10.1 Å². The third-order valence-corrected chi connectivity index (χ3v) is 4.67. The minimum Gasteiger partial charge on any atom is -0.491 e. The molecule has 1 saturated heterocycles. The molecule has 6 nitrogen and oxygen atoms in total. The van der Waals surface area contributed by atoms with Crippen LogP contribution in [0.25, 0.3) is 0 Å². The van der Waals surface area contributed by atoms with Gasteiger partial charge in [0.15, 0.2) is 0 Å². The summed E-state index contributed by atoms with van der Waals surface area (Å²) in [5.41, 5.74) is 0.641. The summed E-state index contributed by atoms with van der Waals surface area (Å²) < 4.78 is 10.9. The van der Waals surface area contributed by atoms with Crippen molar-refractivity contribution >= 4 is 5.91 Å². The van der Waals surface area contributed by atoms with Crippen molar-refractivity contribution in [3.05, 3.63) is 29.8 Å². The molecule has 1 aromatic rings. The van der Waals surface area contributed by atoms with E-state index in [2.05, 4.69) is 10.2 Å². The van der Waals surface area contributed by atoms with Gasteiger partial charge in [0.05, 0.1) is 18.8 Å². The average Bonchev–Trinajstić information content (AvgIpc) is 3.00. The van der Waals surface area contributed by atoms with E-state index in [4.69, 9.17) is 14.6 Å². The van der Waals surface area contributed by atoms with Crippen molar-refractivity contribution in [1.29, 1.82) is 0 Å². The molecular formula is C19H30N2O4. The molecule has 0 aromatic heterocycles. The summed E-state index contributed by atoms with van der Waals surface area (Å²) in [6, 6.07) is 8.00. The molecule has 6 heteroatoms. The maximum absolute atomic E-state index is 12.5. The predicted molar refractivity (Wildman–Crippen MR) is 96.6 cm³/mol. The molecule has 1 fully saturated rings. The lowest BCUT2D eigenvalue weighted by molar-refractivity contribution is -0.131. The Hall–Kier alpha value is -1.63. The highest BCUT2D eigenvalue weighted by Crippen LogP contribution is 2.31.